The highest BCUT2D eigenvalue weighted by Gasteiger charge is 2.12. The van der Waals surface area contributed by atoms with Crippen LogP contribution in [0.3, 0.4) is 0 Å². The van der Waals surface area contributed by atoms with Crippen molar-refractivity contribution >= 4 is 40.8 Å². The molecular weight excluding hydrogens is 328 g/mol. The molecule has 0 atom stereocenters. The minimum Gasteiger partial charge on any atom is -0.308 e. The molecule has 0 aliphatic carbocycles. The molecule has 0 saturated heterocycles. The molecular formula is C18H21ClN2OS. The molecule has 2 aromatic rings. The number of urea groups is 1. The van der Waals surface area contributed by atoms with Gasteiger partial charge in [-0.1, -0.05) is 32.4 Å². The average Bonchev–Trinajstić information content (AvgIpc) is 2.43. The fourth-order valence-electron chi connectivity index (χ4n) is 1.98. The van der Waals surface area contributed by atoms with Gasteiger partial charge >= 0.3 is 6.03 Å². The van der Waals surface area contributed by atoms with Crippen molar-refractivity contribution in [3.05, 3.63) is 53.1 Å². The first-order valence-corrected chi connectivity index (χ1v) is 8.56. The topological polar surface area (TPSA) is 41.1 Å². The minimum absolute atomic E-state index is 0.165. The second kappa shape index (κ2) is 7.28. The highest BCUT2D eigenvalue weighted by Crippen LogP contribution is 2.32. The number of anilines is 2. The molecule has 2 rings (SSSR count). The molecule has 0 bridgehead atoms. The second-order valence-corrected chi connectivity index (χ2v) is 8.59. The number of hydrogen-bond acceptors (Lipinski definition) is 2. The molecule has 0 saturated carbocycles. The molecule has 5 heteroatoms. The van der Waals surface area contributed by atoms with Gasteiger partial charge < -0.3 is 10.6 Å². The van der Waals surface area contributed by atoms with Gasteiger partial charge in [-0.25, -0.2) is 4.79 Å². The fraction of sp³-hybridized carbons (Fsp3) is 0.278. The maximum atomic E-state index is 12.0. The van der Waals surface area contributed by atoms with E-state index in [0.29, 0.717) is 10.7 Å². The van der Waals surface area contributed by atoms with Crippen molar-refractivity contribution < 1.29 is 4.79 Å². The number of halogens is 1. The van der Waals surface area contributed by atoms with Crippen molar-refractivity contribution in [1.29, 1.82) is 0 Å². The van der Waals surface area contributed by atoms with Gasteiger partial charge in [0.2, 0.25) is 0 Å². The van der Waals surface area contributed by atoms with Crippen molar-refractivity contribution in [2.45, 2.75) is 37.3 Å². The predicted molar refractivity (Wildman–Crippen MR) is 101 cm³/mol. The molecule has 0 fully saturated rings. The number of benzene rings is 2. The van der Waals surface area contributed by atoms with Crippen LogP contribution in [0.4, 0.5) is 16.2 Å². The lowest BCUT2D eigenvalue weighted by Gasteiger charge is -2.17. The van der Waals surface area contributed by atoms with Crippen molar-refractivity contribution in [3.63, 3.8) is 0 Å². The molecule has 3 nitrogen and oxygen atoms in total. The molecule has 122 valence electrons. The van der Waals surface area contributed by atoms with E-state index in [0.717, 1.165) is 11.3 Å². The van der Waals surface area contributed by atoms with Crippen LogP contribution in [0, 0.1) is 6.92 Å². The summed E-state index contributed by atoms with van der Waals surface area (Å²) >= 11 is 7.77. The third-order valence-electron chi connectivity index (χ3n) is 2.95. The van der Waals surface area contributed by atoms with Crippen LogP contribution in [0.1, 0.15) is 26.3 Å². The molecule has 2 N–H and O–H groups in total. The first-order valence-electron chi connectivity index (χ1n) is 7.36. The Bertz CT molecular complexity index is 693. The summed E-state index contributed by atoms with van der Waals surface area (Å²) in [5, 5.41) is 6.30. The lowest BCUT2D eigenvalue weighted by atomic mass is 10.2. The lowest BCUT2D eigenvalue weighted by molar-refractivity contribution is 0.262. The largest absolute Gasteiger partial charge is 0.323 e. The van der Waals surface area contributed by atoms with E-state index in [9.17, 15) is 4.79 Å². The molecule has 0 unspecified atom stereocenters. The summed E-state index contributed by atoms with van der Waals surface area (Å²) in [5.41, 5.74) is 2.39. The van der Waals surface area contributed by atoms with Crippen molar-refractivity contribution in [3.8, 4) is 0 Å². The minimum atomic E-state index is -0.275. The van der Waals surface area contributed by atoms with Gasteiger partial charge in [0, 0.05) is 26.0 Å². The predicted octanol–water partition coefficient (Wildman–Crippen LogP) is 6.18. The van der Waals surface area contributed by atoms with E-state index in [1.54, 1.807) is 23.9 Å². The van der Waals surface area contributed by atoms with Crippen molar-refractivity contribution in [1.82, 2.24) is 0 Å². The third-order valence-corrected chi connectivity index (χ3v) is 4.50. The zero-order valence-corrected chi connectivity index (χ0v) is 15.3. The molecule has 0 radical (unpaired) electrons. The quantitative estimate of drug-likeness (QED) is 0.650. The van der Waals surface area contributed by atoms with Gasteiger partial charge in [-0.15, -0.1) is 11.8 Å². The first-order chi connectivity index (χ1) is 10.7. The Morgan fingerprint density at radius 1 is 1.00 bits per heavy atom. The normalized spacial score (nSPS) is 11.2. The maximum Gasteiger partial charge on any atom is 0.323 e. The van der Waals surface area contributed by atoms with Gasteiger partial charge in [-0.3, -0.25) is 0 Å². The van der Waals surface area contributed by atoms with Crippen LogP contribution in [0.5, 0.6) is 0 Å². The maximum absolute atomic E-state index is 12.0. The summed E-state index contributed by atoms with van der Waals surface area (Å²) in [6.07, 6.45) is 0. The second-order valence-electron chi connectivity index (χ2n) is 6.28. The van der Waals surface area contributed by atoms with E-state index in [1.165, 1.54) is 4.90 Å². The van der Waals surface area contributed by atoms with Crippen LogP contribution in [0.25, 0.3) is 0 Å². The average molecular weight is 349 g/mol. The summed E-state index contributed by atoms with van der Waals surface area (Å²) in [5.74, 6) is 0. The van der Waals surface area contributed by atoms with Crippen molar-refractivity contribution in [2.75, 3.05) is 10.6 Å². The van der Waals surface area contributed by atoms with Crippen LogP contribution < -0.4 is 10.6 Å². The molecule has 0 aromatic heterocycles. The Morgan fingerprint density at radius 2 is 1.57 bits per heavy atom. The number of thioether (sulfide) groups is 1. The first kappa shape index (κ1) is 17.7. The van der Waals surface area contributed by atoms with E-state index in [4.69, 9.17) is 11.6 Å². The number of nitrogens with one attached hydrogen (secondary N) is 2. The number of aryl methyl sites for hydroxylation is 1. The highest BCUT2D eigenvalue weighted by atomic mass is 35.5. The zero-order valence-electron chi connectivity index (χ0n) is 13.7. The summed E-state index contributed by atoms with van der Waals surface area (Å²) < 4.78 is 0.165. The van der Waals surface area contributed by atoms with E-state index in [-0.39, 0.29) is 10.8 Å². The van der Waals surface area contributed by atoms with Gasteiger partial charge in [0.1, 0.15) is 0 Å². The smallest absolute Gasteiger partial charge is 0.308 e. The summed E-state index contributed by atoms with van der Waals surface area (Å²) in [6.45, 7) is 8.42. The highest BCUT2D eigenvalue weighted by molar-refractivity contribution is 8.00. The van der Waals surface area contributed by atoms with Gasteiger partial charge in [-0.2, -0.15) is 0 Å². The van der Waals surface area contributed by atoms with Crippen molar-refractivity contribution in [2.24, 2.45) is 0 Å². The Kier molecular flexibility index (Phi) is 5.60. The van der Waals surface area contributed by atoms with Gasteiger partial charge in [-0.05, 0) is 55.0 Å². The van der Waals surface area contributed by atoms with Gasteiger partial charge in [0.25, 0.3) is 0 Å². The Morgan fingerprint density at radius 3 is 2.13 bits per heavy atom. The summed E-state index contributed by atoms with van der Waals surface area (Å²) in [4.78, 5) is 13.2. The number of carbonyl (C=O) groups excluding carboxylic acids is 1. The molecule has 2 amide bonds. The molecule has 23 heavy (non-hydrogen) atoms. The van der Waals surface area contributed by atoms with Crippen LogP contribution >= 0.6 is 23.4 Å². The molecule has 2 aromatic carbocycles. The standard InChI is InChI=1S/C18H21ClN2OS/c1-12-11-14(7-10-16(12)19)21-17(22)20-13-5-8-15(9-6-13)23-18(2,3)4/h5-11H,1-4H3,(H2,20,21,22). The van der Waals surface area contributed by atoms with Gasteiger partial charge in [0.15, 0.2) is 0 Å². The van der Waals surface area contributed by atoms with Crippen LogP contribution in [0.2, 0.25) is 5.02 Å². The van der Waals surface area contributed by atoms with Crippen LogP contribution in [0.15, 0.2) is 47.4 Å². The van der Waals surface area contributed by atoms with E-state index in [2.05, 4.69) is 31.4 Å². The molecule has 0 heterocycles. The van der Waals surface area contributed by atoms with E-state index < -0.39 is 0 Å². The fourth-order valence-corrected chi connectivity index (χ4v) is 3.07. The summed E-state index contributed by atoms with van der Waals surface area (Å²) in [6, 6.07) is 12.9. The number of carbonyl (C=O) groups is 1. The van der Waals surface area contributed by atoms with Crippen LogP contribution in [-0.2, 0) is 0 Å². The molecule has 0 aliphatic rings. The van der Waals surface area contributed by atoms with E-state index in [1.807, 2.05) is 37.3 Å². The SMILES string of the molecule is Cc1cc(NC(=O)Nc2ccc(SC(C)(C)C)cc2)ccc1Cl. The summed E-state index contributed by atoms with van der Waals surface area (Å²) in [7, 11) is 0. The third kappa shape index (κ3) is 5.81. The van der Waals surface area contributed by atoms with Gasteiger partial charge in [0.05, 0.1) is 0 Å². The monoisotopic (exact) mass is 348 g/mol. The molecule has 0 aliphatic heterocycles. The Hall–Kier alpha value is -1.65. The lowest BCUT2D eigenvalue weighted by Crippen LogP contribution is -2.19. The Labute approximate surface area is 146 Å². The number of rotatable bonds is 3. The number of hydrogen-bond donors (Lipinski definition) is 2. The van der Waals surface area contributed by atoms with E-state index >= 15 is 0 Å². The molecule has 0 spiro atoms. The zero-order chi connectivity index (χ0) is 17.0. The Balaban J connectivity index is 1.96. The number of amides is 2. The van der Waals surface area contributed by atoms with Crippen LogP contribution in [-0.4, -0.2) is 10.8 Å².